The first-order chi connectivity index (χ1) is 7.75. The van der Waals surface area contributed by atoms with Crippen molar-refractivity contribution in [2.24, 2.45) is 0 Å². The van der Waals surface area contributed by atoms with Crippen molar-refractivity contribution in [3.05, 3.63) is 50.4 Å². The van der Waals surface area contributed by atoms with Crippen molar-refractivity contribution in [3.63, 3.8) is 0 Å². The Bertz CT molecular complexity index is 473. The van der Waals surface area contributed by atoms with Crippen molar-refractivity contribution in [3.8, 4) is 0 Å². The van der Waals surface area contributed by atoms with E-state index in [-0.39, 0.29) is 0 Å². The maximum atomic E-state index is 5.91. The van der Waals surface area contributed by atoms with E-state index in [1.54, 1.807) is 0 Å². The third kappa shape index (κ3) is 3.28. The van der Waals surface area contributed by atoms with E-state index in [0.717, 1.165) is 22.6 Å². The molecule has 1 aromatic carbocycles. The van der Waals surface area contributed by atoms with Gasteiger partial charge in [-0.2, -0.15) is 4.37 Å². The maximum absolute atomic E-state index is 5.91. The summed E-state index contributed by atoms with van der Waals surface area (Å²) in [5.74, 6) is 0. The second-order valence-electron chi connectivity index (χ2n) is 3.33. The minimum atomic E-state index is 0.776. The van der Waals surface area contributed by atoms with Gasteiger partial charge < -0.3 is 5.32 Å². The number of aromatic nitrogens is 1. The van der Waals surface area contributed by atoms with Crippen LogP contribution in [0.3, 0.4) is 0 Å². The Balaban J connectivity index is 1.87. The molecular weight excluding hydrogens is 308 g/mol. The molecule has 1 aromatic heterocycles. The minimum Gasteiger partial charge on any atom is -0.308 e. The average Bonchev–Trinajstić information content (AvgIpc) is 2.65. The van der Waals surface area contributed by atoms with E-state index in [1.807, 2.05) is 24.4 Å². The second-order valence-corrected chi connectivity index (χ2v) is 5.51. The van der Waals surface area contributed by atoms with Crippen LogP contribution in [0.2, 0.25) is 5.02 Å². The summed E-state index contributed by atoms with van der Waals surface area (Å²) in [4.78, 5) is 1.21. The molecule has 0 aliphatic heterocycles. The molecule has 0 aliphatic carbocycles. The molecule has 2 rings (SSSR count). The third-order valence-electron chi connectivity index (χ3n) is 2.10. The van der Waals surface area contributed by atoms with Gasteiger partial charge in [-0.05, 0) is 45.2 Å². The molecular formula is C11H10BrClN2S. The monoisotopic (exact) mass is 316 g/mol. The lowest BCUT2D eigenvalue weighted by atomic mass is 10.2. The Morgan fingerprint density at radius 2 is 2.25 bits per heavy atom. The van der Waals surface area contributed by atoms with Gasteiger partial charge in [-0.3, -0.25) is 0 Å². The lowest BCUT2D eigenvalue weighted by Gasteiger charge is -2.03. The lowest BCUT2D eigenvalue weighted by molar-refractivity contribution is 0.699. The van der Waals surface area contributed by atoms with Gasteiger partial charge in [0.1, 0.15) is 0 Å². The number of benzene rings is 1. The summed E-state index contributed by atoms with van der Waals surface area (Å²) in [5.41, 5.74) is 1.19. The molecule has 1 N–H and O–H groups in total. The van der Waals surface area contributed by atoms with Crippen molar-refractivity contribution < 1.29 is 0 Å². The summed E-state index contributed by atoms with van der Waals surface area (Å²) in [6.07, 6.45) is 1.82. The van der Waals surface area contributed by atoms with Crippen molar-refractivity contribution in [1.82, 2.24) is 9.69 Å². The van der Waals surface area contributed by atoms with Gasteiger partial charge in [0.15, 0.2) is 0 Å². The maximum Gasteiger partial charge on any atom is 0.0552 e. The molecule has 0 unspecified atom stereocenters. The molecule has 2 nitrogen and oxygen atoms in total. The van der Waals surface area contributed by atoms with E-state index in [0.29, 0.717) is 0 Å². The fraction of sp³-hybridized carbons (Fsp3) is 0.182. The summed E-state index contributed by atoms with van der Waals surface area (Å²) in [5, 5.41) is 4.13. The smallest absolute Gasteiger partial charge is 0.0552 e. The van der Waals surface area contributed by atoms with Gasteiger partial charge >= 0.3 is 0 Å². The molecule has 0 spiro atoms. The molecule has 0 aliphatic rings. The quantitative estimate of drug-likeness (QED) is 0.926. The number of rotatable bonds is 4. The largest absolute Gasteiger partial charge is 0.308 e. The van der Waals surface area contributed by atoms with Crippen LogP contribution in [-0.2, 0) is 13.1 Å². The van der Waals surface area contributed by atoms with Crippen molar-refractivity contribution in [2.75, 3.05) is 0 Å². The van der Waals surface area contributed by atoms with E-state index in [9.17, 15) is 0 Å². The van der Waals surface area contributed by atoms with Gasteiger partial charge in [0.2, 0.25) is 0 Å². The SMILES string of the molecule is Clc1cccc(CNCc2sncc2Br)c1. The number of hydrogen-bond acceptors (Lipinski definition) is 3. The van der Waals surface area contributed by atoms with Crippen molar-refractivity contribution >= 4 is 39.1 Å². The first-order valence-electron chi connectivity index (χ1n) is 4.80. The standard InChI is InChI=1S/C11H10BrClN2S/c12-10-6-15-16-11(10)7-14-5-8-2-1-3-9(13)4-8/h1-4,6,14H,5,7H2. The molecule has 2 aromatic rings. The topological polar surface area (TPSA) is 24.9 Å². The minimum absolute atomic E-state index is 0.776. The van der Waals surface area contributed by atoms with E-state index >= 15 is 0 Å². The Hall–Kier alpha value is -0.420. The highest BCUT2D eigenvalue weighted by molar-refractivity contribution is 9.10. The predicted octanol–water partition coefficient (Wildman–Crippen LogP) is 3.85. The zero-order chi connectivity index (χ0) is 11.4. The number of nitrogens with one attached hydrogen (secondary N) is 1. The summed E-state index contributed by atoms with van der Waals surface area (Å²) in [7, 11) is 0. The molecule has 16 heavy (non-hydrogen) atoms. The zero-order valence-corrected chi connectivity index (χ0v) is 11.6. The average molecular weight is 318 g/mol. The number of nitrogens with zero attached hydrogens (tertiary/aromatic N) is 1. The number of hydrogen-bond donors (Lipinski definition) is 1. The molecule has 0 radical (unpaired) electrons. The highest BCUT2D eigenvalue weighted by atomic mass is 79.9. The highest BCUT2D eigenvalue weighted by Gasteiger charge is 2.01. The molecule has 5 heteroatoms. The normalized spacial score (nSPS) is 10.6. The van der Waals surface area contributed by atoms with Gasteiger partial charge in [-0.15, -0.1) is 0 Å². The predicted molar refractivity (Wildman–Crippen MR) is 71.8 cm³/mol. The van der Waals surface area contributed by atoms with E-state index in [4.69, 9.17) is 11.6 Å². The van der Waals surface area contributed by atoms with Crippen LogP contribution < -0.4 is 5.32 Å². The van der Waals surface area contributed by atoms with Crippen LogP contribution in [0.15, 0.2) is 34.9 Å². The van der Waals surface area contributed by atoms with Gasteiger partial charge in [-0.25, -0.2) is 0 Å². The first kappa shape index (κ1) is 12.0. The Morgan fingerprint density at radius 1 is 1.38 bits per heavy atom. The van der Waals surface area contributed by atoms with Gasteiger partial charge in [0.05, 0.1) is 15.5 Å². The van der Waals surface area contributed by atoms with E-state index in [2.05, 4.69) is 31.7 Å². The van der Waals surface area contributed by atoms with Crippen molar-refractivity contribution in [2.45, 2.75) is 13.1 Å². The van der Waals surface area contributed by atoms with Gasteiger partial charge in [-0.1, -0.05) is 23.7 Å². The number of halogens is 2. The molecule has 0 saturated heterocycles. The molecule has 1 heterocycles. The Morgan fingerprint density at radius 3 is 2.94 bits per heavy atom. The van der Waals surface area contributed by atoms with Crippen LogP contribution in [0, 0.1) is 0 Å². The second kappa shape index (κ2) is 5.77. The van der Waals surface area contributed by atoms with Gasteiger partial charge in [0, 0.05) is 18.1 Å². The summed E-state index contributed by atoms with van der Waals surface area (Å²) in [6, 6.07) is 7.86. The molecule has 0 atom stereocenters. The van der Waals surface area contributed by atoms with Crippen LogP contribution >= 0.6 is 39.1 Å². The highest BCUT2D eigenvalue weighted by Crippen LogP contribution is 2.19. The first-order valence-corrected chi connectivity index (χ1v) is 6.74. The molecule has 0 bridgehead atoms. The zero-order valence-electron chi connectivity index (χ0n) is 8.41. The van der Waals surface area contributed by atoms with Crippen LogP contribution in [0.25, 0.3) is 0 Å². The summed E-state index contributed by atoms with van der Waals surface area (Å²) < 4.78 is 5.16. The molecule has 84 valence electrons. The molecule has 0 fully saturated rings. The Labute approximate surface area is 112 Å². The van der Waals surface area contributed by atoms with Crippen LogP contribution in [0.4, 0.5) is 0 Å². The van der Waals surface area contributed by atoms with Crippen molar-refractivity contribution in [1.29, 1.82) is 0 Å². The van der Waals surface area contributed by atoms with Crippen LogP contribution in [0.5, 0.6) is 0 Å². The Kier molecular flexibility index (Phi) is 4.35. The third-order valence-corrected chi connectivity index (χ3v) is 4.08. The summed E-state index contributed by atoms with van der Waals surface area (Å²) in [6.45, 7) is 1.63. The van der Waals surface area contributed by atoms with E-state index in [1.165, 1.54) is 22.0 Å². The van der Waals surface area contributed by atoms with Gasteiger partial charge in [0.25, 0.3) is 0 Å². The fourth-order valence-electron chi connectivity index (χ4n) is 1.34. The summed E-state index contributed by atoms with van der Waals surface area (Å²) >= 11 is 10.9. The van der Waals surface area contributed by atoms with Crippen LogP contribution in [0.1, 0.15) is 10.4 Å². The molecule has 0 saturated carbocycles. The van der Waals surface area contributed by atoms with E-state index < -0.39 is 0 Å². The lowest BCUT2D eigenvalue weighted by Crippen LogP contribution is -2.11. The van der Waals surface area contributed by atoms with Crippen LogP contribution in [-0.4, -0.2) is 4.37 Å². The fourth-order valence-corrected chi connectivity index (χ4v) is 2.74. The molecule has 0 amide bonds.